The predicted octanol–water partition coefficient (Wildman–Crippen LogP) is 2.28. The molecule has 0 saturated carbocycles. The average molecular weight is 329 g/mol. The molecular weight excluding hydrogens is 291 g/mol. The first-order valence-electron chi connectivity index (χ1n) is 6.95. The Morgan fingerprint density at radius 2 is 0.737 bits per heavy atom. The van der Waals surface area contributed by atoms with Gasteiger partial charge in [-0.3, -0.25) is 0 Å². The molecule has 0 amide bonds. The molecule has 0 aromatic rings. The second-order valence-corrected chi connectivity index (χ2v) is 28.7. The van der Waals surface area contributed by atoms with Crippen LogP contribution in [0.3, 0.4) is 0 Å². The van der Waals surface area contributed by atoms with E-state index in [0.717, 1.165) is 0 Å². The standard InChI is InChI=1S/C6H19NSi2.C6H18NSi2.Li/c2*1-8(2,3)7-9(4,5)6;/h7H,1-6H3;1-6H3;/q;-1;+1. The van der Waals surface area contributed by atoms with E-state index < -0.39 is 32.9 Å². The third-order valence-corrected chi connectivity index (χ3v) is 12.8. The van der Waals surface area contributed by atoms with E-state index in [4.69, 9.17) is 4.65 Å². The molecule has 0 aliphatic heterocycles. The molecular formula is C12H37LiN2Si4. The van der Waals surface area contributed by atoms with Gasteiger partial charge in [-0.05, 0) is 0 Å². The summed E-state index contributed by atoms with van der Waals surface area (Å²) in [5, 5.41) is 0. The number of hydrogen-bond acceptors (Lipinski definition) is 1. The van der Waals surface area contributed by atoms with Crippen LogP contribution in [0.25, 0.3) is 4.65 Å². The minimum Gasteiger partial charge on any atom is -0.668 e. The monoisotopic (exact) mass is 328 g/mol. The molecule has 0 fully saturated rings. The van der Waals surface area contributed by atoms with Crippen molar-refractivity contribution in [3.05, 3.63) is 4.65 Å². The Morgan fingerprint density at radius 3 is 0.737 bits per heavy atom. The van der Waals surface area contributed by atoms with Crippen LogP contribution in [-0.4, -0.2) is 32.9 Å². The Bertz CT molecular complexity index is 184. The van der Waals surface area contributed by atoms with Gasteiger partial charge in [-0.2, -0.15) is 0 Å². The zero-order valence-electron chi connectivity index (χ0n) is 15.9. The summed E-state index contributed by atoms with van der Waals surface area (Å²) in [6.07, 6.45) is 0. The van der Waals surface area contributed by atoms with Crippen molar-refractivity contribution in [2.45, 2.75) is 78.6 Å². The molecule has 112 valence electrons. The van der Waals surface area contributed by atoms with E-state index in [-0.39, 0.29) is 18.9 Å². The van der Waals surface area contributed by atoms with E-state index >= 15 is 0 Å². The van der Waals surface area contributed by atoms with E-state index in [1.165, 1.54) is 0 Å². The molecule has 19 heavy (non-hydrogen) atoms. The Balaban J connectivity index is -0.000000256. The SMILES string of the molecule is C[Si](C)(C)N[Si](C)(C)C.C[Si](C)(C)[N-][Si](C)(C)C.[Li+]. The van der Waals surface area contributed by atoms with Gasteiger partial charge in [0.2, 0.25) is 0 Å². The fraction of sp³-hybridized carbons (Fsp3) is 1.00. The maximum absolute atomic E-state index is 4.82. The quantitative estimate of drug-likeness (QED) is 0.787. The molecule has 0 aromatic carbocycles. The van der Waals surface area contributed by atoms with E-state index in [9.17, 15) is 0 Å². The summed E-state index contributed by atoms with van der Waals surface area (Å²) in [4.78, 5) is 0. The molecule has 0 heterocycles. The molecule has 0 bridgehead atoms. The van der Waals surface area contributed by atoms with E-state index in [0.29, 0.717) is 0 Å². The van der Waals surface area contributed by atoms with Gasteiger partial charge in [0.05, 0.1) is 0 Å². The summed E-state index contributed by atoms with van der Waals surface area (Å²) in [7, 11) is -4.17. The van der Waals surface area contributed by atoms with Crippen LogP contribution in [-0.2, 0) is 0 Å². The maximum atomic E-state index is 4.82. The fourth-order valence-electron chi connectivity index (χ4n) is 2.13. The average Bonchev–Trinajstić information content (AvgIpc) is 1.64. The largest absolute Gasteiger partial charge is 1.00 e. The maximum Gasteiger partial charge on any atom is 1.00 e. The molecule has 0 unspecified atom stereocenters. The molecule has 0 aliphatic rings. The zero-order chi connectivity index (χ0) is 15.4. The predicted molar refractivity (Wildman–Crippen MR) is 99.9 cm³/mol. The summed E-state index contributed by atoms with van der Waals surface area (Å²) in [6.45, 7) is 27.9. The normalized spacial score (nSPS) is 13.3. The molecule has 1 N–H and O–H groups in total. The van der Waals surface area contributed by atoms with Crippen molar-refractivity contribution in [2.75, 3.05) is 0 Å². The van der Waals surface area contributed by atoms with Gasteiger partial charge in [0, 0.05) is 0 Å². The summed E-state index contributed by atoms with van der Waals surface area (Å²) < 4.78 is 8.56. The van der Waals surface area contributed by atoms with Gasteiger partial charge in [0.15, 0.2) is 0 Å². The second kappa shape index (κ2) is 8.74. The van der Waals surface area contributed by atoms with Crippen LogP contribution in [0.15, 0.2) is 0 Å². The molecule has 2 nitrogen and oxygen atoms in total. The zero-order valence-corrected chi connectivity index (χ0v) is 19.9. The van der Waals surface area contributed by atoms with Gasteiger partial charge in [-0.25, -0.2) is 0 Å². The van der Waals surface area contributed by atoms with Crippen molar-refractivity contribution in [1.29, 1.82) is 0 Å². The van der Waals surface area contributed by atoms with Gasteiger partial charge in [-0.15, -0.1) is 0 Å². The summed E-state index contributed by atoms with van der Waals surface area (Å²) in [6, 6.07) is 0. The number of rotatable bonds is 4. The van der Waals surface area contributed by atoms with Crippen molar-refractivity contribution in [1.82, 2.24) is 4.65 Å². The van der Waals surface area contributed by atoms with E-state index in [1.54, 1.807) is 0 Å². The van der Waals surface area contributed by atoms with Gasteiger partial charge in [0.1, 0.15) is 16.5 Å². The third kappa shape index (κ3) is 32.7. The van der Waals surface area contributed by atoms with Crippen LogP contribution in [0.1, 0.15) is 0 Å². The number of hydrogen-bond donors (Lipinski definition) is 1. The fourth-order valence-corrected chi connectivity index (χ4v) is 19.2. The first kappa shape index (κ1) is 25.3. The Hall–Kier alpha value is 1.38. The van der Waals surface area contributed by atoms with E-state index in [1.807, 2.05) is 0 Å². The van der Waals surface area contributed by atoms with Crippen LogP contribution >= 0.6 is 0 Å². The first-order valence-corrected chi connectivity index (χ1v) is 20.8. The first-order chi connectivity index (χ1) is 7.41. The summed E-state index contributed by atoms with van der Waals surface area (Å²) in [5.74, 6) is 0. The van der Waals surface area contributed by atoms with Crippen molar-refractivity contribution in [2.24, 2.45) is 0 Å². The van der Waals surface area contributed by atoms with Crippen molar-refractivity contribution >= 4 is 32.9 Å². The molecule has 0 spiro atoms. The van der Waals surface area contributed by atoms with Gasteiger partial charge in [-0.1, -0.05) is 95.0 Å². The van der Waals surface area contributed by atoms with Crippen molar-refractivity contribution in [3.63, 3.8) is 0 Å². The van der Waals surface area contributed by atoms with Crippen molar-refractivity contribution in [3.8, 4) is 0 Å². The Morgan fingerprint density at radius 1 is 0.526 bits per heavy atom. The van der Waals surface area contributed by atoms with E-state index in [2.05, 4.69) is 83.2 Å². The van der Waals surface area contributed by atoms with Gasteiger partial charge in [0.25, 0.3) is 0 Å². The van der Waals surface area contributed by atoms with Crippen LogP contribution in [0.2, 0.25) is 78.6 Å². The van der Waals surface area contributed by atoms with Gasteiger partial charge < -0.3 is 9.30 Å². The number of nitrogens with one attached hydrogen (secondary N) is 1. The van der Waals surface area contributed by atoms with Crippen LogP contribution in [0.4, 0.5) is 0 Å². The second-order valence-electron chi connectivity index (χ2n) is 9.08. The smallest absolute Gasteiger partial charge is 0.668 e. The molecule has 0 rings (SSSR count). The Kier molecular flexibility index (Phi) is 11.7. The summed E-state index contributed by atoms with van der Waals surface area (Å²) >= 11 is 0. The molecule has 7 heteroatoms. The molecule has 0 aromatic heterocycles. The summed E-state index contributed by atoms with van der Waals surface area (Å²) in [5.41, 5.74) is 0. The Labute approximate surface area is 139 Å². The molecule has 0 atom stereocenters. The molecule has 0 radical (unpaired) electrons. The topological polar surface area (TPSA) is 26.1 Å². The minimum atomic E-state index is -1.11. The van der Waals surface area contributed by atoms with Crippen LogP contribution in [0.5, 0.6) is 0 Å². The number of nitrogens with zero attached hydrogens (tertiary/aromatic N) is 1. The van der Waals surface area contributed by atoms with Gasteiger partial charge >= 0.3 is 18.9 Å². The van der Waals surface area contributed by atoms with Crippen LogP contribution in [0, 0.1) is 0 Å². The minimum absolute atomic E-state index is 0. The van der Waals surface area contributed by atoms with Crippen molar-refractivity contribution < 1.29 is 18.9 Å². The molecule has 0 aliphatic carbocycles. The van der Waals surface area contributed by atoms with Crippen LogP contribution < -0.4 is 23.5 Å². The molecule has 0 saturated heterocycles. The third-order valence-electron chi connectivity index (χ3n) is 1.42.